The summed E-state index contributed by atoms with van der Waals surface area (Å²) in [7, 11) is -3.47. The molecule has 1 amide bonds. The highest BCUT2D eigenvalue weighted by Gasteiger charge is 2.33. The summed E-state index contributed by atoms with van der Waals surface area (Å²) in [6, 6.07) is 7.03. The predicted molar refractivity (Wildman–Crippen MR) is 149 cm³/mol. The molecule has 1 saturated heterocycles. The van der Waals surface area contributed by atoms with Crippen LogP contribution in [0.15, 0.2) is 30.3 Å². The molecule has 1 heterocycles. The van der Waals surface area contributed by atoms with Gasteiger partial charge in [0.2, 0.25) is 15.9 Å². The molecule has 4 rings (SSSR count). The predicted octanol–water partition coefficient (Wildman–Crippen LogP) is 5.79. The highest BCUT2D eigenvalue weighted by atomic mass is 35.5. The van der Waals surface area contributed by atoms with Crippen LogP contribution >= 0.6 is 11.6 Å². The number of nitrogens with zero attached hydrogens (tertiary/aromatic N) is 2. The van der Waals surface area contributed by atoms with Gasteiger partial charge in [0.25, 0.3) is 0 Å². The average molecular weight is 581 g/mol. The topological polar surface area (TPSA) is 74.8 Å². The van der Waals surface area contributed by atoms with Gasteiger partial charge in [-0.25, -0.2) is 17.2 Å². The van der Waals surface area contributed by atoms with Crippen molar-refractivity contribution in [2.45, 2.75) is 64.2 Å². The maximum atomic E-state index is 13.8. The van der Waals surface area contributed by atoms with Crippen molar-refractivity contribution < 1.29 is 26.8 Å². The summed E-state index contributed by atoms with van der Waals surface area (Å²) in [4.78, 5) is 26.9. The number of aryl methyl sites for hydroxylation is 2. The molecule has 6 nitrogen and oxygen atoms in total. The number of hydrogen-bond acceptors (Lipinski definition) is 4. The van der Waals surface area contributed by atoms with Gasteiger partial charge in [0.05, 0.1) is 11.9 Å². The van der Waals surface area contributed by atoms with Crippen molar-refractivity contribution in [3.8, 4) is 0 Å². The normalized spacial score (nSPS) is 16.4. The Morgan fingerprint density at radius 3 is 2.33 bits per heavy atom. The van der Waals surface area contributed by atoms with Gasteiger partial charge >= 0.3 is 0 Å². The molecule has 0 bridgehead atoms. The first-order valence-corrected chi connectivity index (χ1v) is 15.7. The Hall–Kier alpha value is -2.52. The van der Waals surface area contributed by atoms with Crippen LogP contribution in [-0.2, 0) is 26.0 Å². The van der Waals surface area contributed by atoms with Crippen molar-refractivity contribution in [2.24, 2.45) is 5.92 Å². The molecule has 2 aromatic carbocycles. The molecular weight excluding hydrogens is 546 g/mol. The fraction of sp³-hybridized carbons (Fsp3) is 0.517. The molecule has 0 N–H and O–H groups in total. The van der Waals surface area contributed by atoms with E-state index in [9.17, 15) is 26.8 Å². The molecule has 0 spiro atoms. The minimum Gasteiger partial charge on any atom is -0.343 e. The zero-order chi connectivity index (χ0) is 28.3. The number of benzene rings is 2. The number of carbonyl (C=O) groups is 2. The molecule has 2 aromatic rings. The maximum absolute atomic E-state index is 13.8. The summed E-state index contributed by atoms with van der Waals surface area (Å²) in [5.74, 6) is -1.16. The maximum Gasteiger partial charge on any atom is 0.232 e. The van der Waals surface area contributed by atoms with Crippen molar-refractivity contribution in [2.75, 3.05) is 30.2 Å². The summed E-state index contributed by atoms with van der Waals surface area (Å²) in [5, 5.41) is 0.589. The van der Waals surface area contributed by atoms with E-state index in [-0.39, 0.29) is 48.9 Å². The fourth-order valence-corrected chi connectivity index (χ4v) is 6.31. The number of sulfonamides is 1. The van der Waals surface area contributed by atoms with Crippen molar-refractivity contribution in [1.29, 1.82) is 0 Å². The van der Waals surface area contributed by atoms with E-state index in [1.54, 1.807) is 4.90 Å². The van der Waals surface area contributed by atoms with Gasteiger partial charge in [-0.2, -0.15) is 0 Å². The number of likely N-dealkylation sites (tertiary alicyclic amines) is 1. The standard InChI is InChI=1S/C29H35ClF2N2O4S/c1-19-15-28(34(39(2,37)38)18-20-3-4-20)25(17-26(19)30)21-11-13-33(14-12-21)29(36)10-9-24(35)8-6-22-5-7-23(31)16-27(22)32/h5,7,15-17,20-21H,3-4,6,8-14,18H2,1-2H3. The quantitative estimate of drug-likeness (QED) is 0.337. The first-order valence-electron chi connectivity index (χ1n) is 13.4. The first kappa shape index (κ1) is 29.5. The lowest BCUT2D eigenvalue weighted by Crippen LogP contribution is -2.39. The number of halogens is 3. The van der Waals surface area contributed by atoms with Gasteiger partial charge in [0.1, 0.15) is 17.4 Å². The van der Waals surface area contributed by atoms with Gasteiger partial charge in [-0.1, -0.05) is 17.7 Å². The molecule has 1 aliphatic heterocycles. The van der Waals surface area contributed by atoms with Crippen LogP contribution < -0.4 is 4.31 Å². The Balaban J connectivity index is 1.34. The van der Waals surface area contributed by atoms with Gasteiger partial charge in [0, 0.05) is 50.0 Å². The Labute approximate surface area is 234 Å². The largest absolute Gasteiger partial charge is 0.343 e. The molecule has 0 radical (unpaired) electrons. The summed E-state index contributed by atoms with van der Waals surface area (Å²) < 4.78 is 53.8. The van der Waals surface area contributed by atoms with Gasteiger partial charge < -0.3 is 4.90 Å². The van der Waals surface area contributed by atoms with Crippen LogP contribution in [0, 0.1) is 24.5 Å². The molecule has 0 atom stereocenters. The second kappa shape index (κ2) is 12.3. The lowest BCUT2D eigenvalue weighted by Gasteiger charge is -2.35. The van der Waals surface area contributed by atoms with E-state index in [0.717, 1.165) is 36.1 Å². The molecule has 1 aliphatic carbocycles. The van der Waals surface area contributed by atoms with Crippen LogP contribution in [0.5, 0.6) is 0 Å². The van der Waals surface area contributed by atoms with Crippen molar-refractivity contribution in [3.05, 3.63) is 63.7 Å². The lowest BCUT2D eigenvalue weighted by atomic mass is 9.87. The van der Waals surface area contributed by atoms with E-state index in [4.69, 9.17) is 11.6 Å². The number of amides is 1. The minimum absolute atomic E-state index is 0.0536. The van der Waals surface area contributed by atoms with Crippen LogP contribution in [0.25, 0.3) is 0 Å². The highest BCUT2D eigenvalue weighted by molar-refractivity contribution is 7.92. The third-order valence-corrected chi connectivity index (χ3v) is 9.25. The second-order valence-corrected chi connectivity index (χ2v) is 13.1. The average Bonchev–Trinajstić information content (AvgIpc) is 3.71. The van der Waals surface area contributed by atoms with E-state index in [1.165, 1.54) is 16.6 Å². The molecule has 0 aromatic heterocycles. The van der Waals surface area contributed by atoms with Gasteiger partial charge in [-0.3, -0.25) is 13.9 Å². The molecule has 0 unspecified atom stereocenters. The minimum atomic E-state index is -3.47. The smallest absolute Gasteiger partial charge is 0.232 e. The Bertz CT molecular complexity index is 1340. The summed E-state index contributed by atoms with van der Waals surface area (Å²) in [6.45, 7) is 3.34. The van der Waals surface area contributed by atoms with Crippen LogP contribution in [-0.4, -0.2) is 50.9 Å². The third-order valence-electron chi connectivity index (χ3n) is 7.69. The van der Waals surface area contributed by atoms with E-state index in [1.807, 2.05) is 19.1 Å². The van der Waals surface area contributed by atoms with Crippen molar-refractivity contribution in [1.82, 2.24) is 4.90 Å². The van der Waals surface area contributed by atoms with E-state index < -0.39 is 21.7 Å². The van der Waals surface area contributed by atoms with Gasteiger partial charge in [0.15, 0.2) is 0 Å². The van der Waals surface area contributed by atoms with Crippen LogP contribution in [0.1, 0.15) is 67.6 Å². The SMILES string of the molecule is Cc1cc(N(CC2CC2)S(C)(=O)=O)c(C2CCN(C(=O)CCC(=O)CCc3ccc(F)cc3F)CC2)cc1Cl. The van der Waals surface area contributed by atoms with Crippen molar-refractivity contribution in [3.63, 3.8) is 0 Å². The third kappa shape index (κ3) is 7.78. The van der Waals surface area contributed by atoms with Gasteiger partial charge in [-0.05, 0) is 85.8 Å². The fourth-order valence-electron chi connectivity index (χ4n) is 5.14. The Kier molecular flexibility index (Phi) is 9.32. The lowest BCUT2D eigenvalue weighted by molar-refractivity contribution is -0.134. The van der Waals surface area contributed by atoms with Gasteiger partial charge in [-0.15, -0.1) is 0 Å². The first-order chi connectivity index (χ1) is 18.4. The number of Topliss-reactive ketones (excluding diaryl/α,β-unsaturated/α-hetero) is 1. The highest BCUT2D eigenvalue weighted by Crippen LogP contribution is 2.41. The summed E-state index contributed by atoms with van der Waals surface area (Å²) >= 11 is 6.47. The molecule has 2 fully saturated rings. The Morgan fingerprint density at radius 1 is 1.03 bits per heavy atom. The molecule has 10 heteroatoms. The van der Waals surface area contributed by atoms with E-state index in [0.29, 0.717) is 49.1 Å². The Morgan fingerprint density at radius 2 is 1.72 bits per heavy atom. The summed E-state index contributed by atoms with van der Waals surface area (Å²) in [6.07, 6.45) is 5.03. The second-order valence-electron chi connectivity index (χ2n) is 10.8. The van der Waals surface area contributed by atoms with Crippen molar-refractivity contribution >= 4 is 39.0 Å². The number of piperidine rings is 1. The molecule has 212 valence electrons. The van der Waals surface area contributed by atoms with Crippen LogP contribution in [0.4, 0.5) is 14.5 Å². The van der Waals surface area contributed by atoms with E-state index in [2.05, 4.69) is 0 Å². The summed E-state index contributed by atoms with van der Waals surface area (Å²) in [5.41, 5.74) is 2.67. The number of anilines is 1. The molecular formula is C29H35ClF2N2O4S. The zero-order valence-corrected chi connectivity index (χ0v) is 24.0. The van der Waals surface area contributed by atoms with E-state index >= 15 is 0 Å². The van der Waals surface area contributed by atoms with Crippen LogP contribution in [0.2, 0.25) is 5.02 Å². The number of hydrogen-bond donors (Lipinski definition) is 0. The zero-order valence-electron chi connectivity index (χ0n) is 22.4. The molecule has 39 heavy (non-hydrogen) atoms. The monoisotopic (exact) mass is 580 g/mol. The molecule has 2 aliphatic rings. The van der Waals surface area contributed by atoms with Crippen LogP contribution in [0.3, 0.4) is 0 Å². The number of ketones is 1. The number of rotatable bonds is 11. The number of carbonyl (C=O) groups excluding carboxylic acids is 2. The molecule has 1 saturated carbocycles.